The highest BCUT2D eigenvalue weighted by Crippen LogP contribution is 2.33. The molecule has 6 heteroatoms. The van der Waals surface area contributed by atoms with E-state index < -0.39 is 5.97 Å². The van der Waals surface area contributed by atoms with Gasteiger partial charge in [0.15, 0.2) is 0 Å². The standard InChI is InChI=1S/C21H13Cl2NO2S/c22-17-10-9-14(11-18(17)23)13-26-21(25)16-6-2-4-8-20(16)27-19-7-3-1-5-15(19)12-24/h1-11H,13H2. The van der Waals surface area contributed by atoms with Gasteiger partial charge in [0.2, 0.25) is 0 Å². The molecular weight excluding hydrogens is 401 g/mol. The van der Waals surface area contributed by atoms with E-state index in [4.69, 9.17) is 27.9 Å². The van der Waals surface area contributed by atoms with Gasteiger partial charge in [0.1, 0.15) is 12.7 Å². The average Bonchev–Trinajstić information content (AvgIpc) is 2.69. The number of halogens is 2. The van der Waals surface area contributed by atoms with Gasteiger partial charge < -0.3 is 4.74 Å². The zero-order valence-corrected chi connectivity index (χ0v) is 16.3. The van der Waals surface area contributed by atoms with Crippen molar-refractivity contribution in [2.24, 2.45) is 0 Å². The predicted molar refractivity (Wildman–Crippen MR) is 107 cm³/mol. The number of hydrogen-bond acceptors (Lipinski definition) is 4. The van der Waals surface area contributed by atoms with Crippen molar-refractivity contribution >= 4 is 40.9 Å². The summed E-state index contributed by atoms with van der Waals surface area (Å²) in [6.45, 7) is 0.0868. The van der Waals surface area contributed by atoms with Crippen molar-refractivity contribution in [1.29, 1.82) is 5.26 Å². The van der Waals surface area contributed by atoms with Gasteiger partial charge in [0.25, 0.3) is 0 Å². The van der Waals surface area contributed by atoms with E-state index in [0.29, 0.717) is 21.2 Å². The van der Waals surface area contributed by atoms with Gasteiger partial charge in [0, 0.05) is 9.79 Å². The van der Waals surface area contributed by atoms with E-state index in [1.165, 1.54) is 11.8 Å². The van der Waals surface area contributed by atoms with Crippen molar-refractivity contribution < 1.29 is 9.53 Å². The van der Waals surface area contributed by atoms with Gasteiger partial charge in [-0.05, 0) is 42.0 Å². The van der Waals surface area contributed by atoms with Crippen LogP contribution in [0.5, 0.6) is 0 Å². The van der Waals surface area contributed by atoms with Gasteiger partial charge in [-0.1, -0.05) is 65.3 Å². The summed E-state index contributed by atoms with van der Waals surface area (Å²) in [6, 6.07) is 21.6. The van der Waals surface area contributed by atoms with Gasteiger partial charge >= 0.3 is 5.97 Å². The molecule has 0 radical (unpaired) electrons. The lowest BCUT2D eigenvalue weighted by Crippen LogP contribution is -2.06. The van der Waals surface area contributed by atoms with Crippen LogP contribution in [0, 0.1) is 11.3 Å². The van der Waals surface area contributed by atoms with Crippen molar-refractivity contribution in [3.63, 3.8) is 0 Å². The highest BCUT2D eigenvalue weighted by molar-refractivity contribution is 7.99. The minimum Gasteiger partial charge on any atom is -0.457 e. The Bertz CT molecular complexity index is 1030. The van der Waals surface area contributed by atoms with Crippen LogP contribution in [0.4, 0.5) is 0 Å². The van der Waals surface area contributed by atoms with E-state index in [1.807, 2.05) is 24.3 Å². The summed E-state index contributed by atoms with van der Waals surface area (Å²) in [6.07, 6.45) is 0. The second-order valence-electron chi connectivity index (χ2n) is 5.53. The van der Waals surface area contributed by atoms with Crippen LogP contribution in [-0.2, 0) is 11.3 Å². The zero-order chi connectivity index (χ0) is 19.2. The van der Waals surface area contributed by atoms with Crippen molar-refractivity contribution in [2.45, 2.75) is 16.4 Å². The van der Waals surface area contributed by atoms with Crippen molar-refractivity contribution in [3.05, 3.63) is 93.5 Å². The third-order valence-corrected chi connectivity index (χ3v) is 5.58. The summed E-state index contributed by atoms with van der Waals surface area (Å²) in [7, 11) is 0. The highest BCUT2D eigenvalue weighted by atomic mass is 35.5. The third kappa shape index (κ3) is 4.84. The molecule has 0 heterocycles. The molecule has 0 aliphatic rings. The van der Waals surface area contributed by atoms with Crippen molar-refractivity contribution in [3.8, 4) is 6.07 Å². The number of rotatable bonds is 5. The Hall–Kier alpha value is -2.45. The molecule has 3 aromatic rings. The maximum Gasteiger partial charge on any atom is 0.339 e. The first kappa shape index (κ1) is 19.3. The van der Waals surface area contributed by atoms with Crippen LogP contribution in [0.25, 0.3) is 0 Å². The lowest BCUT2D eigenvalue weighted by molar-refractivity contribution is 0.0468. The summed E-state index contributed by atoms with van der Waals surface area (Å²) < 4.78 is 5.42. The predicted octanol–water partition coefficient (Wildman–Crippen LogP) is 6.37. The average molecular weight is 414 g/mol. The van der Waals surface area contributed by atoms with E-state index in [2.05, 4.69) is 6.07 Å². The van der Waals surface area contributed by atoms with E-state index in [9.17, 15) is 10.1 Å². The molecule has 3 nitrogen and oxygen atoms in total. The van der Waals surface area contributed by atoms with E-state index in [0.717, 1.165) is 15.4 Å². The minimum atomic E-state index is -0.446. The SMILES string of the molecule is N#Cc1ccccc1Sc1ccccc1C(=O)OCc1ccc(Cl)c(Cl)c1. The number of esters is 1. The summed E-state index contributed by atoms with van der Waals surface area (Å²) >= 11 is 13.2. The third-order valence-electron chi connectivity index (χ3n) is 3.69. The Morgan fingerprint density at radius 1 is 0.963 bits per heavy atom. The van der Waals surface area contributed by atoms with Crippen molar-refractivity contribution in [1.82, 2.24) is 0 Å². The second-order valence-corrected chi connectivity index (χ2v) is 7.43. The van der Waals surface area contributed by atoms with E-state index in [1.54, 1.807) is 42.5 Å². The molecule has 27 heavy (non-hydrogen) atoms. The molecule has 0 amide bonds. The molecule has 0 aliphatic carbocycles. The molecule has 0 aromatic heterocycles. The number of carbonyl (C=O) groups is 1. The van der Waals surface area contributed by atoms with E-state index in [-0.39, 0.29) is 6.61 Å². The Labute approximate surface area is 171 Å². The molecule has 3 rings (SSSR count). The molecule has 3 aromatic carbocycles. The van der Waals surface area contributed by atoms with Crippen LogP contribution in [0.15, 0.2) is 76.5 Å². The largest absolute Gasteiger partial charge is 0.457 e. The summed E-state index contributed by atoms with van der Waals surface area (Å²) in [5.74, 6) is -0.446. The van der Waals surface area contributed by atoms with Gasteiger partial charge in [-0.25, -0.2) is 4.79 Å². The van der Waals surface area contributed by atoms with Gasteiger partial charge in [-0.2, -0.15) is 5.26 Å². The second kappa shape index (κ2) is 8.96. The molecule has 0 bridgehead atoms. The topological polar surface area (TPSA) is 50.1 Å². The Morgan fingerprint density at radius 2 is 1.67 bits per heavy atom. The first-order valence-corrected chi connectivity index (χ1v) is 9.53. The molecule has 0 spiro atoms. The summed E-state index contributed by atoms with van der Waals surface area (Å²) in [5.41, 5.74) is 1.74. The van der Waals surface area contributed by atoms with Gasteiger partial charge in [0.05, 0.1) is 21.2 Å². The molecule has 0 aliphatic heterocycles. The maximum atomic E-state index is 12.6. The molecular formula is C21H13Cl2NO2S. The van der Waals surface area contributed by atoms with Crippen LogP contribution >= 0.6 is 35.0 Å². The molecule has 0 fully saturated rings. The summed E-state index contributed by atoms with van der Waals surface area (Å²) in [4.78, 5) is 14.1. The molecule has 0 unspecified atom stereocenters. The molecule has 0 atom stereocenters. The number of nitrogens with zero attached hydrogens (tertiary/aromatic N) is 1. The fourth-order valence-corrected chi connectivity index (χ4v) is 3.68. The first-order valence-electron chi connectivity index (χ1n) is 7.95. The Morgan fingerprint density at radius 3 is 2.41 bits per heavy atom. The highest BCUT2D eigenvalue weighted by Gasteiger charge is 2.15. The number of hydrogen-bond donors (Lipinski definition) is 0. The van der Waals surface area contributed by atoms with Crippen LogP contribution < -0.4 is 0 Å². The number of carbonyl (C=O) groups excluding carboxylic acids is 1. The molecule has 0 saturated carbocycles. The number of benzene rings is 3. The van der Waals surface area contributed by atoms with Crippen LogP contribution in [0.2, 0.25) is 10.0 Å². The fraction of sp³-hybridized carbons (Fsp3) is 0.0476. The van der Waals surface area contributed by atoms with Gasteiger partial charge in [-0.3, -0.25) is 0 Å². The van der Waals surface area contributed by atoms with Crippen LogP contribution in [0.3, 0.4) is 0 Å². The minimum absolute atomic E-state index is 0.0868. The smallest absolute Gasteiger partial charge is 0.339 e. The monoisotopic (exact) mass is 413 g/mol. The van der Waals surface area contributed by atoms with Crippen molar-refractivity contribution in [2.75, 3.05) is 0 Å². The molecule has 0 N–H and O–H groups in total. The quantitative estimate of drug-likeness (QED) is 0.455. The zero-order valence-electron chi connectivity index (χ0n) is 14.0. The lowest BCUT2D eigenvalue weighted by Gasteiger charge is -2.10. The Kier molecular flexibility index (Phi) is 6.41. The summed E-state index contributed by atoms with van der Waals surface area (Å²) in [5, 5.41) is 10.1. The normalized spacial score (nSPS) is 10.3. The Balaban J connectivity index is 1.77. The molecule has 134 valence electrons. The number of nitriles is 1. The number of ether oxygens (including phenoxy) is 1. The molecule has 0 saturated heterocycles. The van der Waals surface area contributed by atoms with Crippen LogP contribution in [0.1, 0.15) is 21.5 Å². The maximum absolute atomic E-state index is 12.6. The first-order chi connectivity index (χ1) is 13.1. The lowest BCUT2D eigenvalue weighted by atomic mass is 10.2. The fourth-order valence-electron chi connectivity index (χ4n) is 2.35. The van der Waals surface area contributed by atoms with Crippen LogP contribution in [-0.4, -0.2) is 5.97 Å². The van der Waals surface area contributed by atoms with Gasteiger partial charge in [-0.15, -0.1) is 0 Å². The van der Waals surface area contributed by atoms with E-state index >= 15 is 0 Å².